The highest BCUT2D eigenvalue weighted by atomic mass is 32.1. The van der Waals surface area contributed by atoms with E-state index in [-0.39, 0.29) is 0 Å². The molecule has 0 saturated carbocycles. The summed E-state index contributed by atoms with van der Waals surface area (Å²) >= 11 is 1.88. The van der Waals surface area contributed by atoms with E-state index in [4.69, 9.17) is 0 Å². The highest BCUT2D eigenvalue weighted by molar-refractivity contribution is 7.09. The topological polar surface area (TPSA) is 15.3 Å². The first-order chi connectivity index (χ1) is 8.80. The molecule has 0 radical (unpaired) electrons. The van der Waals surface area contributed by atoms with Crippen LogP contribution < -0.4 is 5.32 Å². The Morgan fingerprint density at radius 1 is 1.22 bits per heavy atom. The van der Waals surface area contributed by atoms with Crippen molar-refractivity contribution in [3.05, 3.63) is 22.4 Å². The fourth-order valence-electron chi connectivity index (χ4n) is 2.29. The van der Waals surface area contributed by atoms with Crippen molar-refractivity contribution in [2.24, 2.45) is 0 Å². The molecule has 3 heteroatoms. The Balaban J connectivity index is 2.29. The van der Waals surface area contributed by atoms with Gasteiger partial charge in [-0.2, -0.15) is 0 Å². The fourth-order valence-corrected chi connectivity index (χ4v) is 3.01. The number of rotatable bonds is 10. The van der Waals surface area contributed by atoms with E-state index in [0.29, 0.717) is 6.04 Å². The van der Waals surface area contributed by atoms with Gasteiger partial charge in [0.1, 0.15) is 0 Å². The third-order valence-corrected chi connectivity index (χ3v) is 4.44. The SMILES string of the molecule is CCNC(CCc1cccs1)CCN(CC)CC. The Bertz CT molecular complexity index is 281. The van der Waals surface area contributed by atoms with Crippen LogP contribution in [0, 0.1) is 0 Å². The molecule has 0 bridgehead atoms. The molecule has 0 aliphatic heterocycles. The maximum Gasteiger partial charge on any atom is 0.00825 e. The van der Waals surface area contributed by atoms with Gasteiger partial charge in [-0.1, -0.05) is 26.8 Å². The highest BCUT2D eigenvalue weighted by Gasteiger charge is 2.09. The summed E-state index contributed by atoms with van der Waals surface area (Å²) in [6.45, 7) is 11.3. The lowest BCUT2D eigenvalue weighted by molar-refractivity contribution is 0.278. The molecule has 0 saturated heterocycles. The summed E-state index contributed by atoms with van der Waals surface area (Å²) in [4.78, 5) is 4.02. The van der Waals surface area contributed by atoms with Crippen LogP contribution in [0.3, 0.4) is 0 Å². The van der Waals surface area contributed by atoms with Gasteiger partial charge in [-0.3, -0.25) is 0 Å². The molecule has 0 amide bonds. The second-order valence-corrected chi connectivity index (χ2v) is 5.72. The predicted octanol–water partition coefficient (Wildman–Crippen LogP) is 3.39. The molecule has 1 unspecified atom stereocenters. The molecule has 104 valence electrons. The van der Waals surface area contributed by atoms with Crippen LogP contribution in [-0.4, -0.2) is 37.1 Å². The Hall–Kier alpha value is -0.380. The third-order valence-electron chi connectivity index (χ3n) is 3.50. The van der Waals surface area contributed by atoms with Crippen molar-refractivity contribution >= 4 is 11.3 Å². The Morgan fingerprint density at radius 2 is 2.00 bits per heavy atom. The van der Waals surface area contributed by atoms with Gasteiger partial charge in [-0.05, 0) is 56.9 Å². The van der Waals surface area contributed by atoms with Crippen molar-refractivity contribution in [2.45, 2.75) is 46.1 Å². The number of nitrogens with zero attached hydrogens (tertiary/aromatic N) is 1. The summed E-state index contributed by atoms with van der Waals surface area (Å²) in [5.74, 6) is 0. The Labute approximate surface area is 116 Å². The molecule has 0 aromatic carbocycles. The number of hydrogen-bond donors (Lipinski definition) is 1. The molecule has 1 heterocycles. The van der Waals surface area contributed by atoms with Gasteiger partial charge in [0.25, 0.3) is 0 Å². The first-order valence-electron chi connectivity index (χ1n) is 7.28. The first-order valence-corrected chi connectivity index (χ1v) is 8.16. The smallest absolute Gasteiger partial charge is 0.00825 e. The van der Waals surface area contributed by atoms with Gasteiger partial charge in [0, 0.05) is 10.9 Å². The minimum absolute atomic E-state index is 0.665. The van der Waals surface area contributed by atoms with Crippen LogP contribution in [-0.2, 0) is 6.42 Å². The van der Waals surface area contributed by atoms with E-state index in [2.05, 4.69) is 48.5 Å². The molecule has 0 aliphatic carbocycles. The van der Waals surface area contributed by atoms with Crippen LogP contribution in [0.2, 0.25) is 0 Å². The van der Waals surface area contributed by atoms with Gasteiger partial charge >= 0.3 is 0 Å². The lowest BCUT2D eigenvalue weighted by Gasteiger charge is -2.23. The second kappa shape index (κ2) is 9.54. The van der Waals surface area contributed by atoms with Gasteiger partial charge in [0.05, 0.1) is 0 Å². The van der Waals surface area contributed by atoms with E-state index in [0.717, 1.165) is 6.54 Å². The highest BCUT2D eigenvalue weighted by Crippen LogP contribution is 2.13. The van der Waals surface area contributed by atoms with Crippen LogP contribution in [0.15, 0.2) is 17.5 Å². The van der Waals surface area contributed by atoms with Crippen LogP contribution in [0.1, 0.15) is 38.5 Å². The first kappa shape index (κ1) is 15.7. The lowest BCUT2D eigenvalue weighted by atomic mass is 10.1. The van der Waals surface area contributed by atoms with Crippen molar-refractivity contribution < 1.29 is 0 Å². The molecule has 1 N–H and O–H groups in total. The van der Waals surface area contributed by atoms with Gasteiger partial charge in [0.15, 0.2) is 0 Å². The number of thiophene rings is 1. The molecular formula is C15H28N2S. The molecule has 18 heavy (non-hydrogen) atoms. The molecule has 1 aromatic rings. The van der Waals surface area contributed by atoms with Crippen molar-refractivity contribution in [2.75, 3.05) is 26.2 Å². The summed E-state index contributed by atoms with van der Waals surface area (Å²) in [7, 11) is 0. The second-order valence-electron chi connectivity index (χ2n) is 4.69. The number of hydrogen-bond acceptors (Lipinski definition) is 3. The van der Waals surface area contributed by atoms with Crippen LogP contribution in [0.25, 0.3) is 0 Å². The van der Waals surface area contributed by atoms with Crippen LogP contribution >= 0.6 is 11.3 Å². The quantitative estimate of drug-likeness (QED) is 0.700. The van der Waals surface area contributed by atoms with Gasteiger partial charge in [0.2, 0.25) is 0 Å². The number of aryl methyl sites for hydroxylation is 1. The molecule has 0 aliphatic rings. The molecule has 0 fully saturated rings. The summed E-state index contributed by atoms with van der Waals surface area (Å²) in [5.41, 5.74) is 0. The van der Waals surface area contributed by atoms with Gasteiger partial charge in [-0.25, -0.2) is 0 Å². The van der Waals surface area contributed by atoms with Crippen LogP contribution in [0.4, 0.5) is 0 Å². The monoisotopic (exact) mass is 268 g/mol. The average molecular weight is 268 g/mol. The van der Waals surface area contributed by atoms with E-state index in [9.17, 15) is 0 Å². The molecule has 2 nitrogen and oxygen atoms in total. The van der Waals surface area contributed by atoms with E-state index in [1.807, 2.05) is 11.3 Å². The molecule has 1 rings (SSSR count). The molecule has 1 aromatic heterocycles. The molecular weight excluding hydrogens is 240 g/mol. The van der Waals surface area contributed by atoms with Gasteiger partial charge in [-0.15, -0.1) is 11.3 Å². The van der Waals surface area contributed by atoms with Gasteiger partial charge < -0.3 is 10.2 Å². The minimum Gasteiger partial charge on any atom is -0.314 e. The Kier molecular flexibility index (Phi) is 8.31. The minimum atomic E-state index is 0.665. The zero-order valence-electron chi connectivity index (χ0n) is 12.1. The normalized spacial score (nSPS) is 13.1. The fraction of sp³-hybridized carbons (Fsp3) is 0.733. The number of nitrogens with one attached hydrogen (secondary N) is 1. The zero-order valence-corrected chi connectivity index (χ0v) is 12.9. The van der Waals surface area contributed by atoms with E-state index >= 15 is 0 Å². The van der Waals surface area contributed by atoms with E-state index < -0.39 is 0 Å². The largest absolute Gasteiger partial charge is 0.314 e. The summed E-state index contributed by atoms with van der Waals surface area (Å²) in [6, 6.07) is 5.06. The zero-order chi connectivity index (χ0) is 13.2. The third kappa shape index (κ3) is 5.98. The molecule has 0 spiro atoms. The van der Waals surface area contributed by atoms with Crippen molar-refractivity contribution in [1.29, 1.82) is 0 Å². The summed E-state index contributed by atoms with van der Waals surface area (Å²) < 4.78 is 0. The predicted molar refractivity (Wildman–Crippen MR) is 82.5 cm³/mol. The standard InChI is InChI=1S/C15H28N2S/c1-4-16-14(11-12-17(5-2)6-3)9-10-15-8-7-13-18-15/h7-8,13-14,16H,4-6,9-12H2,1-3H3. The van der Waals surface area contributed by atoms with Crippen molar-refractivity contribution in [3.63, 3.8) is 0 Å². The Morgan fingerprint density at radius 3 is 2.56 bits per heavy atom. The average Bonchev–Trinajstić information content (AvgIpc) is 2.90. The lowest BCUT2D eigenvalue weighted by Crippen LogP contribution is -2.34. The van der Waals surface area contributed by atoms with Crippen molar-refractivity contribution in [1.82, 2.24) is 10.2 Å². The molecule has 1 atom stereocenters. The summed E-state index contributed by atoms with van der Waals surface area (Å²) in [6.07, 6.45) is 3.74. The summed E-state index contributed by atoms with van der Waals surface area (Å²) in [5, 5.41) is 5.80. The van der Waals surface area contributed by atoms with E-state index in [1.165, 1.54) is 43.8 Å². The van der Waals surface area contributed by atoms with E-state index in [1.54, 1.807) is 0 Å². The maximum absolute atomic E-state index is 3.63. The van der Waals surface area contributed by atoms with Crippen molar-refractivity contribution in [3.8, 4) is 0 Å². The maximum atomic E-state index is 3.63. The van der Waals surface area contributed by atoms with Crippen LogP contribution in [0.5, 0.6) is 0 Å².